The van der Waals surface area contributed by atoms with Gasteiger partial charge >= 0.3 is 0 Å². The topological polar surface area (TPSA) is 76.0 Å². The van der Waals surface area contributed by atoms with Gasteiger partial charge in [0, 0.05) is 21.8 Å². The molecule has 7 heteroatoms. The summed E-state index contributed by atoms with van der Waals surface area (Å²) in [6, 6.07) is 14.2. The van der Waals surface area contributed by atoms with Crippen molar-refractivity contribution in [3.05, 3.63) is 64.7 Å². The zero-order valence-corrected chi connectivity index (χ0v) is 16.2. The van der Waals surface area contributed by atoms with E-state index in [0.29, 0.717) is 16.5 Å². The summed E-state index contributed by atoms with van der Waals surface area (Å²) in [6.07, 6.45) is 0.0217. The van der Waals surface area contributed by atoms with Gasteiger partial charge in [-0.2, -0.15) is 5.10 Å². The molecule has 0 unspecified atom stereocenters. The Morgan fingerprint density at radius 2 is 1.96 bits per heavy atom. The number of aryl methyl sites for hydroxylation is 1. The fourth-order valence-corrected chi connectivity index (χ4v) is 3.51. The van der Waals surface area contributed by atoms with E-state index in [1.54, 1.807) is 28.9 Å². The number of halogens is 1. The predicted molar refractivity (Wildman–Crippen MR) is 110 cm³/mol. The van der Waals surface area contributed by atoms with Crippen molar-refractivity contribution < 1.29 is 9.59 Å². The van der Waals surface area contributed by atoms with Crippen molar-refractivity contribution >= 4 is 34.9 Å². The predicted octanol–water partition coefficient (Wildman–Crippen LogP) is 4.34. The number of fused-ring (bicyclic) bond motifs is 1. The number of carbonyl (C=O) groups is 2. The maximum atomic E-state index is 12.9. The lowest BCUT2D eigenvalue weighted by molar-refractivity contribution is -0.125. The molecule has 1 aromatic heterocycles. The first-order chi connectivity index (χ1) is 13.4. The molecular weight excluding hydrogens is 376 g/mol. The first kappa shape index (κ1) is 18.3. The van der Waals surface area contributed by atoms with Crippen molar-refractivity contribution in [2.24, 2.45) is 0 Å². The van der Waals surface area contributed by atoms with Crippen LogP contribution < -0.4 is 10.6 Å². The van der Waals surface area contributed by atoms with Crippen LogP contribution in [0, 0.1) is 13.8 Å². The molecule has 0 aliphatic carbocycles. The van der Waals surface area contributed by atoms with Crippen LogP contribution in [-0.4, -0.2) is 21.6 Å². The van der Waals surface area contributed by atoms with Crippen molar-refractivity contribution in [2.75, 3.05) is 10.6 Å². The van der Waals surface area contributed by atoms with E-state index in [9.17, 15) is 9.59 Å². The lowest BCUT2D eigenvalue weighted by Crippen LogP contribution is -2.35. The van der Waals surface area contributed by atoms with E-state index in [4.69, 9.17) is 11.6 Å². The third-order valence-corrected chi connectivity index (χ3v) is 5.03. The molecule has 2 N–H and O–H groups in total. The molecule has 28 heavy (non-hydrogen) atoms. The Bertz CT molecular complexity index is 1070. The molecule has 0 fully saturated rings. The number of amides is 2. The molecule has 0 saturated heterocycles. The van der Waals surface area contributed by atoms with Crippen LogP contribution in [0.25, 0.3) is 11.3 Å². The minimum atomic E-state index is -0.736. The smallest absolute Gasteiger partial charge is 0.249 e. The zero-order valence-electron chi connectivity index (χ0n) is 15.5. The number of nitrogens with zero attached hydrogens (tertiary/aromatic N) is 2. The molecule has 1 aliphatic heterocycles. The average Bonchev–Trinajstić information content (AvgIpc) is 2.98. The molecule has 2 heterocycles. The quantitative estimate of drug-likeness (QED) is 0.693. The maximum Gasteiger partial charge on any atom is 0.249 e. The van der Waals surface area contributed by atoms with Crippen molar-refractivity contribution in [1.29, 1.82) is 0 Å². The van der Waals surface area contributed by atoms with Crippen molar-refractivity contribution in [3.8, 4) is 11.3 Å². The van der Waals surface area contributed by atoms with Gasteiger partial charge in [-0.3, -0.25) is 9.59 Å². The van der Waals surface area contributed by atoms with Crippen LogP contribution in [0.15, 0.2) is 48.5 Å². The van der Waals surface area contributed by atoms with Crippen LogP contribution >= 0.6 is 11.6 Å². The highest BCUT2D eigenvalue weighted by molar-refractivity contribution is 6.30. The molecule has 1 atom stereocenters. The molecule has 0 spiro atoms. The molecule has 1 aliphatic rings. The third kappa shape index (κ3) is 3.39. The highest BCUT2D eigenvalue weighted by Crippen LogP contribution is 2.34. The second-order valence-corrected chi connectivity index (χ2v) is 7.34. The number of hydrogen-bond acceptors (Lipinski definition) is 3. The molecule has 6 nitrogen and oxygen atoms in total. The zero-order chi connectivity index (χ0) is 19.8. The number of aromatic nitrogens is 2. The van der Waals surface area contributed by atoms with Gasteiger partial charge in [-0.1, -0.05) is 47.5 Å². The summed E-state index contributed by atoms with van der Waals surface area (Å²) in [7, 11) is 0. The fraction of sp³-hybridized carbons (Fsp3) is 0.190. The highest BCUT2D eigenvalue weighted by atomic mass is 35.5. The Balaban J connectivity index is 1.70. The summed E-state index contributed by atoms with van der Waals surface area (Å²) in [5.74, 6) is 0.0339. The lowest BCUT2D eigenvalue weighted by Gasteiger charge is -2.24. The van der Waals surface area contributed by atoms with Gasteiger partial charge in [0.15, 0.2) is 0 Å². The molecule has 4 rings (SSSR count). The molecule has 0 bridgehead atoms. The average molecular weight is 395 g/mol. The van der Waals surface area contributed by atoms with E-state index in [1.807, 2.05) is 38.1 Å². The standard InChI is InChI=1S/C21H19ClN4O2/c1-12-6-8-14(9-7-12)19-13(2)20-24-18(27)11-17(26(20)25-19)21(28)23-16-5-3-4-15(22)10-16/h3-10,17H,11H2,1-2H3,(H,23,28)(H,24,27)/t17-/m0/s1. The molecule has 0 radical (unpaired) electrons. The van der Waals surface area contributed by atoms with Crippen LogP contribution in [0.1, 0.15) is 23.6 Å². The number of carbonyl (C=O) groups excluding carboxylic acids is 2. The molecular formula is C21H19ClN4O2. The first-order valence-corrected chi connectivity index (χ1v) is 9.32. The lowest BCUT2D eigenvalue weighted by atomic mass is 10.1. The van der Waals surface area contributed by atoms with Crippen LogP contribution in [-0.2, 0) is 9.59 Å². The van der Waals surface area contributed by atoms with E-state index in [2.05, 4.69) is 15.7 Å². The summed E-state index contributed by atoms with van der Waals surface area (Å²) in [6.45, 7) is 3.91. The third-order valence-electron chi connectivity index (χ3n) is 4.80. The first-order valence-electron chi connectivity index (χ1n) is 8.95. The van der Waals surface area contributed by atoms with E-state index >= 15 is 0 Å². The molecule has 2 aromatic carbocycles. The summed E-state index contributed by atoms with van der Waals surface area (Å²) in [5.41, 5.74) is 4.24. The Morgan fingerprint density at radius 3 is 2.68 bits per heavy atom. The van der Waals surface area contributed by atoms with Gasteiger partial charge in [0.1, 0.15) is 11.9 Å². The Kier molecular flexibility index (Phi) is 4.65. The molecule has 0 saturated carbocycles. The maximum absolute atomic E-state index is 12.9. The summed E-state index contributed by atoms with van der Waals surface area (Å²) in [5, 5.41) is 10.9. The van der Waals surface area contributed by atoms with Gasteiger partial charge in [0.2, 0.25) is 11.8 Å². The number of anilines is 2. The molecule has 3 aromatic rings. The number of rotatable bonds is 3. The van der Waals surface area contributed by atoms with Crippen LogP contribution in [0.4, 0.5) is 11.5 Å². The minimum absolute atomic E-state index is 0.0217. The Labute approximate surface area is 167 Å². The number of nitrogens with one attached hydrogen (secondary N) is 2. The van der Waals surface area contributed by atoms with Gasteiger partial charge in [0.25, 0.3) is 0 Å². The van der Waals surface area contributed by atoms with Crippen LogP contribution in [0.5, 0.6) is 0 Å². The fourth-order valence-electron chi connectivity index (χ4n) is 3.32. The van der Waals surface area contributed by atoms with Gasteiger partial charge < -0.3 is 10.6 Å². The monoisotopic (exact) mass is 394 g/mol. The number of hydrogen-bond donors (Lipinski definition) is 2. The molecule has 2 amide bonds. The molecule has 142 valence electrons. The van der Waals surface area contributed by atoms with Crippen molar-refractivity contribution in [3.63, 3.8) is 0 Å². The van der Waals surface area contributed by atoms with Gasteiger partial charge in [-0.15, -0.1) is 0 Å². The minimum Gasteiger partial charge on any atom is -0.324 e. The van der Waals surface area contributed by atoms with Crippen LogP contribution in [0.3, 0.4) is 0 Å². The van der Waals surface area contributed by atoms with Crippen LogP contribution in [0.2, 0.25) is 5.02 Å². The summed E-state index contributed by atoms with van der Waals surface area (Å²) >= 11 is 5.99. The normalized spacial score (nSPS) is 15.7. The highest BCUT2D eigenvalue weighted by Gasteiger charge is 2.34. The van der Waals surface area contributed by atoms with E-state index < -0.39 is 6.04 Å². The second kappa shape index (κ2) is 7.13. The van der Waals surface area contributed by atoms with E-state index in [0.717, 1.165) is 22.4 Å². The Hall–Kier alpha value is -3.12. The van der Waals surface area contributed by atoms with Gasteiger partial charge in [-0.05, 0) is 32.0 Å². The van der Waals surface area contributed by atoms with Crippen molar-refractivity contribution in [2.45, 2.75) is 26.3 Å². The van der Waals surface area contributed by atoms with E-state index in [-0.39, 0.29) is 18.2 Å². The number of benzene rings is 2. The van der Waals surface area contributed by atoms with Crippen molar-refractivity contribution in [1.82, 2.24) is 9.78 Å². The second-order valence-electron chi connectivity index (χ2n) is 6.90. The summed E-state index contributed by atoms with van der Waals surface area (Å²) < 4.78 is 1.60. The van der Waals surface area contributed by atoms with E-state index in [1.165, 1.54) is 0 Å². The van der Waals surface area contributed by atoms with Gasteiger partial charge in [-0.25, -0.2) is 4.68 Å². The SMILES string of the molecule is Cc1ccc(-c2nn3c(c2C)NC(=O)C[C@H]3C(=O)Nc2cccc(Cl)c2)cc1. The largest absolute Gasteiger partial charge is 0.324 e. The Morgan fingerprint density at radius 1 is 1.21 bits per heavy atom. The summed E-state index contributed by atoms with van der Waals surface area (Å²) in [4.78, 5) is 25.1. The van der Waals surface area contributed by atoms with Gasteiger partial charge in [0.05, 0.1) is 12.1 Å².